The van der Waals surface area contributed by atoms with Crippen LogP contribution in [0, 0.1) is 17.2 Å². The van der Waals surface area contributed by atoms with Gasteiger partial charge in [0.2, 0.25) is 0 Å². The van der Waals surface area contributed by atoms with Crippen LogP contribution in [0.3, 0.4) is 0 Å². The molecule has 2 aromatic rings. The first-order valence-corrected chi connectivity index (χ1v) is 11.4. The largest absolute Gasteiger partial charge is 0.379 e. The lowest BCUT2D eigenvalue weighted by atomic mass is 9.76. The van der Waals surface area contributed by atoms with E-state index < -0.39 is 11.7 Å². The molecule has 1 aliphatic heterocycles. The van der Waals surface area contributed by atoms with Crippen LogP contribution in [-0.2, 0) is 24.0 Å². The number of carbonyl (C=O) groups excluding carboxylic acids is 1. The summed E-state index contributed by atoms with van der Waals surface area (Å²) in [5, 5.41) is 8.26. The van der Waals surface area contributed by atoms with Crippen LogP contribution >= 0.6 is 0 Å². The Morgan fingerprint density at radius 3 is 2.84 bits per heavy atom. The van der Waals surface area contributed by atoms with Gasteiger partial charge in [0.05, 0.1) is 35.3 Å². The van der Waals surface area contributed by atoms with Crippen molar-refractivity contribution < 1.29 is 13.9 Å². The van der Waals surface area contributed by atoms with Gasteiger partial charge in [0, 0.05) is 18.4 Å². The first-order valence-electron chi connectivity index (χ1n) is 11.4. The Morgan fingerprint density at radius 1 is 1.35 bits per heavy atom. The minimum atomic E-state index is -0.775. The van der Waals surface area contributed by atoms with Crippen molar-refractivity contribution in [2.75, 3.05) is 18.5 Å². The molecule has 6 nitrogen and oxygen atoms in total. The van der Waals surface area contributed by atoms with Gasteiger partial charge in [-0.15, -0.1) is 0 Å². The number of anilines is 1. The third kappa shape index (κ3) is 4.07. The van der Waals surface area contributed by atoms with Gasteiger partial charge in [-0.1, -0.05) is 13.8 Å². The number of benzene rings is 1. The first kappa shape index (κ1) is 20.5. The summed E-state index contributed by atoms with van der Waals surface area (Å²) in [5.41, 5.74) is 10.3. The van der Waals surface area contributed by atoms with Crippen LogP contribution < -0.4 is 11.1 Å². The summed E-state index contributed by atoms with van der Waals surface area (Å²) in [5.74, 6) is -0.658. The van der Waals surface area contributed by atoms with Gasteiger partial charge in [0.25, 0.3) is 5.91 Å². The molecule has 1 aromatic heterocycles. The smallest absolute Gasteiger partial charge is 0.253 e. The number of nitrogens with zero attached hydrogens (tertiary/aromatic N) is 2. The molecule has 1 amide bonds. The zero-order valence-electron chi connectivity index (χ0n) is 18.3. The second-order valence-corrected chi connectivity index (χ2v) is 10.2. The summed E-state index contributed by atoms with van der Waals surface area (Å²) in [6.45, 7) is 5.73. The molecule has 166 valence electrons. The van der Waals surface area contributed by atoms with E-state index in [0.29, 0.717) is 24.6 Å². The maximum absolute atomic E-state index is 15.1. The Morgan fingerprint density at radius 2 is 2.16 bits per heavy atom. The normalized spacial score (nSPS) is 22.4. The van der Waals surface area contributed by atoms with E-state index in [4.69, 9.17) is 15.6 Å². The van der Waals surface area contributed by atoms with Crippen molar-refractivity contribution >= 4 is 11.6 Å². The number of hydrogen-bond donors (Lipinski definition) is 2. The third-order valence-electron chi connectivity index (χ3n) is 6.91. The molecule has 1 saturated heterocycles. The molecule has 0 radical (unpaired) electrons. The number of amides is 1. The van der Waals surface area contributed by atoms with E-state index in [1.165, 1.54) is 30.2 Å². The fourth-order valence-corrected chi connectivity index (χ4v) is 4.93. The van der Waals surface area contributed by atoms with Crippen molar-refractivity contribution in [3.8, 4) is 5.69 Å². The van der Waals surface area contributed by atoms with E-state index in [9.17, 15) is 4.79 Å². The highest BCUT2D eigenvalue weighted by molar-refractivity contribution is 5.99. The predicted octanol–water partition coefficient (Wildman–Crippen LogP) is 3.78. The van der Waals surface area contributed by atoms with E-state index in [2.05, 4.69) is 19.2 Å². The highest BCUT2D eigenvalue weighted by atomic mass is 19.1. The van der Waals surface area contributed by atoms with Crippen LogP contribution in [0.4, 0.5) is 10.1 Å². The monoisotopic (exact) mass is 426 g/mol. The van der Waals surface area contributed by atoms with Gasteiger partial charge in [-0.3, -0.25) is 4.79 Å². The summed E-state index contributed by atoms with van der Waals surface area (Å²) in [6.07, 6.45) is 7.39. The van der Waals surface area contributed by atoms with E-state index in [1.54, 1.807) is 0 Å². The molecule has 1 saturated carbocycles. The lowest BCUT2D eigenvalue weighted by Crippen LogP contribution is -2.25. The second kappa shape index (κ2) is 7.62. The number of halogens is 1. The highest BCUT2D eigenvalue weighted by Gasteiger charge is 2.34. The summed E-state index contributed by atoms with van der Waals surface area (Å²) >= 11 is 0. The average Bonchev–Trinajstić information content (AvgIpc) is 3.23. The molecule has 7 heteroatoms. The highest BCUT2D eigenvalue weighted by Crippen LogP contribution is 2.40. The molecule has 2 aliphatic carbocycles. The molecule has 1 unspecified atom stereocenters. The summed E-state index contributed by atoms with van der Waals surface area (Å²) in [7, 11) is 0. The van der Waals surface area contributed by atoms with Gasteiger partial charge in [0.1, 0.15) is 5.82 Å². The number of fused-ring (bicyclic) bond motifs is 1. The van der Waals surface area contributed by atoms with Crippen molar-refractivity contribution in [2.24, 2.45) is 17.1 Å². The molecule has 3 N–H and O–H groups in total. The molecule has 0 spiro atoms. The average molecular weight is 427 g/mol. The molecule has 0 bridgehead atoms. The molecule has 1 atom stereocenters. The predicted molar refractivity (Wildman–Crippen MR) is 117 cm³/mol. The molecule has 1 aromatic carbocycles. The van der Waals surface area contributed by atoms with Crippen LogP contribution in [0.2, 0.25) is 0 Å². The number of nitrogens with two attached hydrogens (primary N) is 1. The Balaban J connectivity index is 1.59. The quantitative estimate of drug-likeness (QED) is 0.737. The number of hydrogen-bond acceptors (Lipinski definition) is 4. The number of nitrogens with one attached hydrogen (secondary N) is 1. The maximum Gasteiger partial charge on any atom is 0.253 e. The Kier molecular flexibility index (Phi) is 5.04. The lowest BCUT2D eigenvalue weighted by molar-refractivity contribution is 0.0997. The molecule has 5 rings (SSSR count). The summed E-state index contributed by atoms with van der Waals surface area (Å²) < 4.78 is 22.5. The van der Waals surface area contributed by atoms with E-state index >= 15 is 4.39 Å². The molecule has 3 aliphatic rings. The van der Waals surface area contributed by atoms with Gasteiger partial charge >= 0.3 is 0 Å². The number of aromatic nitrogens is 2. The third-order valence-corrected chi connectivity index (χ3v) is 6.91. The summed E-state index contributed by atoms with van der Waals surface area (Å²) in [6, 6.07) is 3.24. The fraction of sp³-hybridized carbons (Fsp3) is 0.583. The number of ether oxygens (including phenoxy) is 1. The Bertz CT molecular complexity index is 1020. The van der Waals surface area contributed by atoms with Crippen LogP contribution in [0.1, 0.15) is 66.8 Å². The van der Waals surface area contributed by atoms with Gasteiger partial charge < -0.3 is 15.8 Å². The minimum absolute atomic E-state index is 0.0312. The molecule has 2 heterocycles. The van der Waals surface area contributed by atoms with Gasteiger partial charge in [-0.05, 0) is 67.9 Å². The number of carbonyl (C=O) groups is 1. The minimum Gasteiger partial charge on any atom is -0.379 e. The second-order valence-electron chi connectivity index (χ2n) is 10.2. The Labute approximate surface area is 182 Å². The number of rotatable bonds is 6. The molecule has 2 fully saturated rings. The fourth-order valence-electron chi connectivity index (χ4n) is 4.93. The van der Waals surface area contributed by atoms with Crippen LogP contribution in [0.15, 0.2) is 12.1 Å². The van der Waals surface area contributed by atoms with Crippen LogP contribution in [-0.4, -0.2) is 34.9 Å². The van der Waals surface area contributed by atoms with Crippen LogP contribution in [0.25, 0.3) is 5.69 Å². The van der Waals surface area contributed by atoms with E-state index in [-0.39, 0.29) is 17.0 Å². The van der Waals surface area contributed by atoms with Gasteiger partial charge in [-0.2, -0.15) is 5.10 Å². The van der Waals surface area contributed by atoms with Crippen molar-refractivity contribution in [1.29, 1.82) is 0 Å². The zero-order chi connectivity index (χ0) is 21.8. The Hall–Kier alpha value is -2.41. The topological polar surface area (TPSA) is 82.2 Å². The first-order chi connectivity index (χ1) is 14.8. The van der Waals surface area contributed by atoms with Crippen molar-refractivity contribution in [1.82, 2.24) is 9.78 Å². The van der Waals surface area contributed by atoms with E-state index in [0.717, 1.165) is 43.7 Å². The zero-order valence-corrected chi connectivity index (χ0v) is 18.3. The van der Waals surface area contributed by atoms with Gasteiger partial charge in [0.15, 0.2) is 0 Å². The number of primary amides is 1. The summed E-state index contributed by atoms with van der Waals surface area (Å²) in [4.78, 5) is 12.0. The van der Waals surface area contributed by atoms with Crippen molar-refractivity contribution in [2.45, 2.75) is 64.8 Å². The molecular weight excluding hydrogens is 395 g/mol. The maximum atomic E-state index is 15.1. The lowest BCUT2D eigenvalue weighted by Gasteiger charge is -2.30. The SMILES string of the molecule is CC1(C)CCc2c(CC3CC3)nn(-c3cc(F)c(C(N)=O)c(NC4CCOC4)c3)c2C1. The standard InChI is InChI=1S/C24H31FN4O2/c1-24(2)7-5-17-19(9-14-3-4-14)28-29(21(17)12-24)16-10-18(25)22(23(26)30)20(11-16)27-15-6-8-31-13-15/h10-11,14-15,27H,3-9,12-13H2,1-2H3,(H2,26,30). The van der Waals surface area contributed by atoms with Crippen molar-refractivity contribution in [3.63, 3.8) is 0 Å². The molecular formula is C24H31FN4O2. The van der Waals surface area contributed by atoms with E-state index in [1.807, 2.05) is 10.7 Å². The van der Waals surface area contributed by atoms with Crippen molar-refractivity contribution in [3.05, 3.63) is 40.5 Å². The molecule has 31 heavy (non-hydrogen) atoms. The van der Waals surface area contributed by atoms with Crippen LogP contribution in [0.5, 0.6) is 0 Å². The van der Waals surface area contributed by atoms with Gasteiger partial charge in [-0.25, -0.2) is 9.07 Å².